The van der Waals surface area contributed by atoms with Gasteiger partial charge in [-0.2, -0.15) is 0 Å². The van der Waals surface area contributed by atoms with Gasteiger partial charge in [0.05, 0.1) is 22.3 Å². The van der Waals surface area contributed by atoms with Gasteiger partial charge in [0.1, 0.15) is 0 Å². The molecule has 1 N–H and O–H groups in total. The number of imidazole rings is 1. The Labute approximate surface area is 163 Å². The zero-order chi connectivity index (χ0) is 18.2. The molecular formula is C20H14N4OS2. The van der Waals surface area contributed by atoms with E-state index in [9.17, 15) is 4.79 Å². The van der Waals surface area contributed by atoms with Crippen molar-refractivity contribution in [3.8, 4) is 11.3 Å². The summed E-state index contributed by atoms with van der Waals surface area (Å²) in [5, 5.41) is 5.52. The fourth-order valence-electron chi connectivity index (χ4n) is 2.96. The van der Waals surface area contributed by atoms with Gasteiger partial charge in [0.2, 0.25) is 5.91 Å². The largest absolute Gasteiger partial charge is 0.302 e. The Kier molecular flexibility index (Phi) is 3.95. The average molecular weight is 390 g/mol. The second-order valence-corrected chi connectivity index (χ2v) is 7.95. The first kappa shape index (κ1) is 16.2. The number of anilines is 1. The maximum Gasteiger partial charge on any atom is 0.232 e. The summed E-state index contributed by atoms with van der Waals surface area (Å²) in [4.78, 5) is 22.5. The number of hydrogen-bond acceptors (Lipinski definition) is 5. The van der Waals surface area contributed by atoms with Gasteiger partial charge in [0.15, 0.2) is 10.1 Å². The molecule has 0 aliphatic heterocycles. The number of para-hydroxylation sites is 1. The van der Waals surface area contributed by atoms with Crippen molar-refractivity contribution in [1.82, 2.24) is 14.4 Å². The molecular weight excluding hydrogens is 376 g/mol. The first-order valence-corrected chi connectivity index (χ1v) is 10.1. The molecule has 5 nitrogen and oxygen atoms in total. The third-order valence-electron chi connectivity index (χ3n) is 4.23. The number of carbonyl (C=O) groups excluding carboxylic acids is 1. The van der Waals surface area contributed by atoms with Crippen LogP contribution in [0.5, 0.6) is 0 Å². The molecule has 0 unspecified atom stereocenters. The van der Waals surface area contributed by atoms with Gasteiger partial charge in [-0.25, -0.2) is 9.97 Å². The van der Waals surface area contributed by atoms with E-state index in [0.29, 0.717) is 5.13 Å². The minimum absolute atomic E-state index is 0.0799. The van der Waals surface area contributed by atoms with E-state index in [1.165, 1.54) is 11.3 Å². The molecule has 0 aliphatic rings. The van der Waals surface area contributed by atoms with E-state index < -0.39 is 0 Å². The number of thiazole rings is 2. The van der Waals surface area contributed by atoms with Gasteiger partial charge in [-0.15, -0.1) is 11.3 Å². The lowest BCUT2D eigenvalue weighted by atomic mass is 10.2. The quantitative estimate of drug-likeness (QED) is 0.477. The number of benzene rings is 2. The Morgan fingerprint density at radius 2 is 1.85 bits per heavy atom. The third kappa shape index (κ3) is 3.11. The highest BCUT2D eigenvalue weighted by molar-refractivity contribution is 7.22. The smallest absolute Gasteiger partial charge is 0.232 e. The fourth-order valence-corrected chi connectivity index (χ4v) is 4.71. The van der Waals surface area contributed by atoms with E-state index in [0.717, 1.165) is 32.1 Å². The van der Waals surface area contributed by atoms with Gasteiger partial charge in [-0.3, -0.25) is 9.20 Å². The molecule has 0 fully saturated rings. The average Bonchev–Trinajstić information content (AvgIpc) is 3.37. The monoisotopic (exact) mass is 390 g/mol. The summed E-state index contributed by atoms with van der Waals surface area (Å²) in [5.41, 5.74) is 3.80. The molecule has 5 aromatic rings. The standard InChI is InChI=1S/C20H14N4OS2/c25-18(23-19-21-15-8-4-5-9-17(15)27-19)10-14-12-26-20-22-16(11-24(14)20)13-6-2-1-3-7-13/h1-9,11-12H,10H2,(H,21,23,25). The van der Waals surface area contributed by atoms with Crippen LogP contribution >= 0.6 is 22.7 Å². The van der Waals surface area contributed by atoms with Gasteiger partial charge in [-0.05, 0) is 12.1 Å². The van der Waals surface area contributed by atoms with Crippen molar-refractivity contribution in [3.63, 3.8) is 0 Å². The first-order valence-electron chi connectivity index (χ1n) is 8.42. The van der Waals surface area contributed by atoms with Gasteiger partial charge in [-0.1, -0.05) is 53.8 Å². The zero-order valence-corrected chi connectivity index (χ0v) is 15.8. The minimum Gasteiger partial charge on any atom is -0.302 e. The van der Waals surface area contributed by atoms with Crippen LogP contribution in [0.15, 0.2) is 66.2 Å². The van der Waals surface area contributed by atoms with E-state index in [-0.39, 0.29) is 12.3 Å². The van der Waals surface area contributed by atoms with Crippen LogP contribution in [0.25, 0.3) is 26.4 Å². The molecule has 0 spiro atoms. The number of carbonyl (C=O) groups is 1. The lowest BCUT2D eigenvalue weighted by molar-refractivity contribution is -0.115. The van der Waals surface area contributed by atoms with E-state index in [1.807, 2.05) is 70.6 Å². The highest BCUT2D eigenvalue weighted by Gasteiger charge is 2.14. The van der Waals surface area contributed by atoms with Crippen LogP contribution in [0, 0.1) is 0 Å². The maximum absolute atomic E-state index is 12.5. The van der Waals surface area contributed by atoms with E-state index in [4.69, 9.17) is 0 Å². The fraction of sp³-hybridized carbons (Fsp3) is 0.0500. The molecule has 132 valence electrons. The molecule has 0 saturated heterocycles. The second-order valence-electron chi connectivity index (χ2n) is 6.08. The van der Waals surface area contributed by atoms with E-state index >= 15 is 0 Å². The third-order valence-corrected chi connectivity index (χ3v) is 6.08. The number of nitrogens with zero attached hydrogens (tertiary/aromatic N) is 3. The number of nitrogens with one attached hydrogen (secondary N) is 1. The SMILES string of the molecule is O=C(Cc1csc2nc(-c3ccccc3)cn12)Nc1nc2ccccc2s1. The maximum atomic E-state index is 12.5. The summed E-state index contributed by atoms with van der Waals surface area (Å²) >= 11 is 3.02. The summed E-state index contributed by atoms with van der Waals surface area (Å²) in [6, 6.07) is 17.9. The Morgan fingerprint density at radius 1 is 1.04 bits per heavy atom. The predicted molar refractivity (Wildman–Crippen MR) is 110 cm³/mol. The van der Waals surface area contributed by atoms with Crippen LogP contribution in [-0.4, -0.2) is 20.3 Å². The number of amides is 1. The van der Waals surface area contributed by atoms with Crippen molar-refractivity contribution >= 4 is 48.9 Å². The topological polar surface area (TPSA) is 59.3 Å². The van der Waals surface area contributed by atoms with Crippen LogP contribution in [0.1, 0.15) is 5.69 Å². The van der Waals surface area contributed by atoms with Crippen molar-refractivity contribution in [2.24, 2.45) is 0 Å². The molecule has 0 aliphatic carbocycles. The Morgan fingerprint density at radius 3 is 2.70 bits per heavy atom. The molecule has 5 rings (SSSR count). The molecule has 27 heavy (non-hydrogen) atoms. The van der Waals surface area contributed by atoms with E-state index in [2.05, 4.69) is 15.3 Å². The lowest BCUT2D eigenvalue weighted by Crippen LogP contribution is -2.15. The number of aromatic nitrogens is 3. The Bertz CT molecular complexity index is 1220. The summed E-state index contributed by atoms with van der Waals surface area (Å²) in [7, 11) is 0. The lowest BCUT2D eigenvalue weighted by Gasteiger charge is -2.01. The summed E-state index contributed by atoms with van der Waals surface area (Å²) in [6.07, 6.45) is 2.27. The van der Waals surface area contributed by atoms with Gasteiger partial charge in [0.25, 0.3) is 0 Å². The van der Waals surface area contributed by atoms with Crippen LogP contribution in [0.4, 0.5) is 5.13 Å². The molecule has 0 radical (unpaired) electrons. The van der Waals surface area contributed by atoms with Crippen molar-refractivity contribution in [1.29, 1.82) is 0 Å². The number of rotatable bonds is 4. The molecule has 0 atom stereocenters. The normalized spacial score (nSPS) is 11.3. The van der Waals surface area contributed by atoms with Crippen LogP contribution in [0.2, 0.25) is 0 Å². The molecule has 0 saturated carbocycles. The predicted octanol–water partition coefficient (Wildman–Crippen LogP) is 4.85. The minimum atomic E-state index is -0.0799. The molecule has 3 heterocycles. The number of hydrogen-bond donors (Lipinski definition) is 1. The Hall–Kier alpha value is -3.03. The summed E-state index contributed by atoms with van der Waals surface area (Å²) in [5.74, 6) is -0.0799. The van der Waals surface area contributed by atoms with Crippen LogP contribution in [-0.2, 0) is 11.2 Å². The highest BCUT2D eigenvalue weighted by atomic mass is 32.1. The summed E-state index contributed by atoms with van der Waals surface area (Å²) < 4.78 is 3.05. The molecule has 3 aromatic heterocycles. The van der Waals surface area contributed by atoms with Crippen molar-refractivity contribution < 1.29 is 4.79 Å². The Balaban J connectivity index is 1.37. The summed E-state index contributed by atoms with van der Waals surface area (Å²) in [6.45, 7) is 0. The number of fused-ring (bicyclic) bond motifs is 2. The highest BCUT2D eigenvalue weighted by Crippen LogP contribution is 2.26. The van der Waals surface area contributed by atoms with Crippen LogP contribution in [0.3, 0.4) is 0 Å². The van der Waals surface area contributed by atoms with Crippen LogP contribution < -0.4 is 5.32 Å². The second kappa shape index (κ2) is 6.61. The van der Waals surface area contributed by atoms with Gasteiger partial charge in [0, 0.05) is 22.8 Å². The van der Waals surface area contributed by atoms with Crippen molar-refractivity contribution in [2.75, 3.05) is 5.32 Å². The molecule has 1 amide bonds. The van der Waals surface area contributed by atoms with Crippen molar-refractivity contribution in [2.45, 2.75) is 6.42 Å². The first-order chi connectivity index (χ1) is 13.3. The molecule has 2 aromatic carbocycles. The zero-order valence-electron chi connectivity index (χ0n) is 14.1. The van der Waals surface area contributed by atoms with Crippen molar-refractivity contribution in [3.05, 3.63) is 71.9 Å². The molecule has 0 bridgehead atoms. The van der Waals surface area contributed by atoms with Gasteiger partial charge >= 0.3 is 0 Å². The molecule has 7 heteroatoms. The van der Waals surface area contributed by atoms with E-state index in [1.54, 1.807) is 11.3 Å². The van der Waals surface area contributed by atoms with Gasteiger partial charge < -0.3 is 5.32 Å².